The summed E-state index contributed by atoms with van der Waals surface area (Å²) in [6.45, 7) is 0. The Bertz CT molecular complexity index is 1040. The molecule has 2 unspecified atom stereocenters. The fourth-order valence-corrected chi connectivity index (χ4v) is 4.90. The Balaban J connectivity index is 1.28. The van der Waals surface area contributed by atoms with Crippen LogP contribution in [0.3, 0.4) is 0 Å². The highest BCUT2D eigenvalue weighted by Crippen LogP contribution is 2.38. The van der Waals surface area contributed by atoms with Gasteiger partial charge in [-0.15, -0.1) is 0 Å². The molecule has 5 rings (SSSR count). The maximum Gasteiger partial charge on any atom is 0.254 e. The van der Waals surface area contributed by atoms with Crippen LogP contribution in [0.4, 0.5) is 0 Å². The Hall–Kier alpha value is -3.34. The number of benzene rings is 2. The zero-order chi connectivity index (χ0) is 21.2. The van der Waals surface area contributed by atoms with Crippen LogP contribution in [0.5, 0.6) is 11.6 Å². The van der Waals surface area contributed by atoms with Crippen molar-refractivity contribution in [3.63, 3.8) is 0 Å². The molecule has 0 aliphatic carbocycles. The van der Waals surface area contributed by atoms with Gasteiger partial charge in [-0.2, -0.15) is 0 Å². The summed E-state index contributed by atoms with van der Waals surface area (Å²) < 4.78 is 11.4. The summed E-state index contributed by atoms with van der Waals surface area (Å²) in [6, 6.07) is 22.0. The fraction of sp³-hybridized carbons (Fsp3) is 0.308. The summed E-state index contributed by atoms with van der Waals surface area (Å²) in [4.78, 5) is 19.7. The maximum absolute atomic E-state index is 13.3. The Morgan fingerprint density at radius 1 is 0.935 bits per heavy atom. The largest absolute Gasteiger partial charge is 0.497 e. The molecule has 1 amide bonds. The van der Waals surface area contributed by atoms with Crippen LogP contribution in [0.25, 0.3) is 11.1 Å². The Labute approximate surface area is 182 Å². The van der Waals surface area contributed by atoms with E-state index in [0.29, 0.717) is 5.88 Å². The number of fused-ring (bicyclic) bond motifs is 2. The van der Waals surface area contributed by atoms with Crippen molar-refractivity contribution in [3.8, 4) is 22.8 Å². The quantitative estimate of drug-likeness (QED) is 0.591. The first-order chi connectivity index (χ1) is 15.2. The van der Waals surface area contributed by atoms with Gasteiger partial charge in [0.25, 0.3) is 5.91 Å². The first-order valence-corrected chi connectivity index (χ1v) is 10.9. The molecule has 2 saturated heterocycles. The SMILES string of the molecule is COc1cccc(-c2ccc(C(=O)N3C4CCC3CC(Oc3ccccn3)C4)cc2)c1. The highest BCUT2D eigenvalue weighted by Gasteiger charge is 2.44. The normalized spacial score (nSPS) is 22.2. The lowest BCUT2D eigenvalue weighted by Crippen LogP contribution is -2.49. The van der Waals surface area contributed by atoms with Crippen LogP contribution < -0.4 is 9.47 Å². The van der Waals surface area contributed by atoms with Crippen molar-refractivity contribution in [2.24, 2.45) is 0 Å². The summed E-state index contributed by atoms with van der Waals surface area (Å²) in [6.07, 6.45) is 5.67. The molecule has 5 heteroatoms. The Morgan fingerprint density at radius 3 is 2.39 bits per heavy atom. The molecule has 2 aromatic carbocycles. The molecule has 5 nitrogen and oxygen atoms in total. The minimum absolute atomic E-state index is 0.117. The second-order valence-electron chi connectivity index (χ2n) is 8.29. The standard InChI is InChI=1S/C26H26N2O3/c1-30-23-6-4-5-20(15-23)18-8-10-19(11-9-18)26(29)28-21-12-13-22(28)17-24(16-21)31-25-7-2-3-14-27-25/h2-11,14-15,21-22,24H,12-13,16-17H2,1H3. The smallest absolute Gasteiger partial charge is 0.254 e. The Morgan fingerprint density at radius 2 is 1.71 bits per heavy atom. The summed E-state index contributed by atoms with van der Waals surface area (Å²) in [5, 5.41) is 0. The molecule has 3 aromatic rings. The van der Waals surface area contributed by atoms with E-state index < -0.39 is 0 Å². The molecule has 2 fully saturated rings. The molecule has 2 aliphatic rings. The summed E-state index contributed by atoms with van der Waals surface area (Å²) in [5.74, 6) is 1.62. The predicted molar refractivity (Wildman–Crippen MR) is 119 cm³/mol. The number of hydrogen-bond donors (Lipinski definition) is 0. The summed E-state index contributed by atoms with van der Waals surface area (Å²) >= 11 is 0. The van der Waals surface area contributed by atoms with E-state index in [4.69, 9.17) is 9.47 Å². The number of amides is 1. The highest BCUT2D eigenvalue weighted by molar-refractivity contribution is 5.95. The van der Waals surface area contributed by atoms with E-state index >= 15 is 0 Å². The van der Waals surface area contributed by atoms with Gasteiger partial charge < -0.3 is 14.4 Å². The first-order valence-electron chi connectivity index (χ1n) is 10.9. The van der Waals surface area contributed by atoms with Crippen molar-refractivity contribution in [2.45, 2.75) is 43.9 Å². The van der Waals surface area contributed by atoms with Gasteiger partial charge in [-0.3, -0.25) is 4.79 Å². The molecular formula is C26H26N2O3. The third kappa shape index (κ3) is 4.00. The lowest BCUT2D eigenvalue weighted by molar-refractivity contribution is 0.0348. The van der Waals surface area contributed by atoms with Crippen LogP contribution >= 0.6 is 0 Å². The van der Waals surface area contributed by atoms with Crippen molar-refractivity contribution in [2.75, 3.05) is 7.11 Å². The number of pyridine rings is 1. The second-order valence-corrected chi connectivity index (χ2v) is 8.29. The number of carbonyl (C=O) groups excluding carboxylic acids is 1. The molecule has 1 aromatic heterocycles. The van der Waals surface area contributed by atoms with Crippen molar-refractivity contribution in [1.82, 2.24) is 9.88 Å². The van der Waals surface area contributed by atoms with E-state index in [-0.39, 0.29) is 24.1 Å². The second kappa shape index (κ2) is 8.42. The minimum Gasteiger partial charge on any atom is -0.497 e. The van der Waals surface area contributed by atoms with E-state index in [1.807, 2.05) is 66.7 Å². The van der Waals surface area contributed by atoms with Crippen LogP contribution in [-0.4, -0.2) is 41.1 Å². The zero-order valence-corrected chi connectivity index (χ0v) is 17.6. The van der Waals surface area contributed by atoms with Gasteiger partial charge in [0.05, 0.1) is 7.11 Å². The third-order valence-electron chi connectivity index (χ3n) is 6.38. The minimum atomic E-state index is 0.117. The molecule has 2 aliphatic heterocycles. The number of carbonyl (C=O) groups is 1. The average Bonchev–Trinajstić information content (AvgIpc) is 3.09. The van der Waals surface area contributed by atoms with Gasteiger partial charge in [0, 0.05) is 42.8 Å². The van der Waals surface area contributed by atoms with Gasteiger partial charge in [0.2, 0.25) is 5.88 Å². The number of ether oxygens (including phenoxy) is 2. The van der Waals surface area contributed by atoms with Gasteiger partial charge >= 0.3 is 0 Å². The average molecular weight is 415 g/mol. The third-order valence-corrected chi connectivity index (χ3v) is 6.38. The molecule has 0 spiro atoms. The molecule has 31 heavy (non-hydrogen) atoms. The van der Waals surface area contributed by atoms with E-state index in [2.05, 4.69) is 9.88 Å². The molecular weight excluding hydrogens is 388 g/mol. The highest BCUT2D eigenvalue weighted by atomic mass is 16.5. The van der Waals surface area contributed by atoms with Crippen LogP contribution in [-0.2, 0) is 0 Å². The van der Waals surface area contributed by atoms with Crippen LogP contribution in [0.2, 0.25) is 0 Å². The van der Waals surface area contributed by atoms with Crippen LogP contribution in [0, 0.1) is 0 Å². The topological polar surface area (TPSA) is 51.7 Å². The summed E-state index contributed by atoms with van der Waals surface area (Å²) in [5.41, 5.74) is 2.89. The van der Waals surface area contributed by atoms with Gasteiger partial charge in [0.15, 0.2) is 0 Å². The van der Waals surface area contributed by atoms with Gasteiger partial charge in [-0.05, 0) is 54.3 Å². The molecule has 2 bridgehead atoms. The van der Waals surface area contributed by atoms with Gasteiger partial charge in [-0.1, -0.05) is 30.3 Å². The molecule has 0 radical (unpaired) electrons. The van der Waals surface area contributed by atoms with Crippen LogP contribution in [0.1, 0.15) is 36.0 Å². The fourth-order valence-electron chi connectivity index (χ4n) is 4.90. The van der Waals surface area contributed by atoms with Crippen molar-refractivity contribution >= 4 is 5.91 Å². The van der Waals surface area contributed by atoms with Gasteiger partial charge in [-0.25, -0.2) is 4.98 Å². The molecule has 0 N–H and O–H groups in total. The van der Waals surface area contributed by atoms with Gasteiger partial charge in [0.1, 0.15) is 11.9 Å². The van der Waals surface area contributed by atoms with E-state index in [9.17, 15) is 4.79 Å². The lowest BCUT2D eigenvalue weighted by Gasteiger charge is -2.38. The number of nitrogens with zero attached hydrogens (tertiary/aromatic N) is 2. The molecule has 0 saturated carbocycles. The molecule has 2 atom stereocenters. The zero-order valence-electron chi connectivity index (χ0n) is 17.6. The van der Waals surface area contributed by atoms with E-state index in [1.54, 1.807) is 13.3 Å². The number of hydrogen-bond acceptors (Lipinski definition) is 4. The summed E-state index contributed by atoms with van der Waals surface area (Å²) in [7, 11) is 1.67. The number of rotatable bonds is 5. The molecule has 158 valence electrons. The predicted octanol–water partition coefficient (Wildman–Crippen LogP) is 4.97. The van der Waals surface area contributed by atoms with E-state index in [1.165, 1.54) is 0 Å². The number of methoxy groups -OCH3 is 1. The van der Waals surface area contributed by atoms with Crippen molar-refractivity contribution < 1.29 is 14.3 Å². The number of aromatic nitrogens is 1. The number of piperidine rings is 1. The Kier molecular flexibility index (Phi) is 5.33. The van der Waals surface area contributed by atoms with Crippen LogP contribution in [0.15, 0.2) is 72.9 Å². The lowest BCUT2D eigenvalue weighted by atomic mass is 9.97. The molecule has 3 heterocycles. The monoisotopic (exact) mass is 414 g/mol. The maximum atomic E-state index is 13.3. The first kappa shape index (κ1) is 19.6. The van der Waals surface area contributed by atoms with Crippen molar-refractivity contribution in [1.29, 1.82) is 0 Å². The van der Waals surface area contributed by atoms with E-state index in [0.717, 1.165) is 48.1 Å². The van der Waals surface area contributed by atoms with Crippen molar-refractivity contribution in [3.05, 3.63) is 78.5 Å².